The molecule has 0 fully saturated rings. The van der Waals surface area contributed by atoms with Crippen LogP contribution >= 0.6 is 0 Å². The van der Waals surface area contributed by atoms with E-state index in [1.54, 1.807) is 6.92 Å². The number of nitrogens with one attached hydrogen (secondary N) is 1. The van der Waals surface area contributed by atoms with E-state index in [1.807, 2.05) is 33.8 Å². The molecule has 1 aromatic heterocycles. The first-order chi connectivity index (χ1) is 7.82. The summed E-state index contributed by atoms with van der Waals surface area (Å²) >= 11 is 0. The van der Waals surface area contributed by atoms with Crippen LogP contribution in [0.5, 0.6) is 0 Å². The summed E-state index contributed by atoms with van der Waals surface area (Å²) in [5, 5.41) is 12.2. The number of hydrogen-bond donors (Lipinski definition) is 2. The molecule has 0 spiro atoms. The Morgan fingerprint density at radius 1 is 1.35 bits per heavy atom. The van der Waals surface area contributed by atoms with Crippen molar-refractivity contribution >= 4 is 5.97 Å². The highest BCUT2D eigenvalue weighted by Gasteiger charge is 2.22. The molecule has 0 saturated carbocycles. The average molecular weight is 239 g/mol. The second kappa shape index (κ2) is 5.36. The molecule has 0 radical (unpaired) electrons. The number of rotatable bonds is 5. The van der Waals surface area contributed by atoms with Crippen molar-refractivity contribution in [1.82, 2.24) is 5.32 Å². The Labute approximate surface area is 102 Å². The van der Waals surface area contributed by atoms with Crippen LogP contribution in [0.3, 0.4) is 0 Å². The van der Waals surface area contributed by atoms with Crippen LogP contribution in [0.2, 0.25) is 0 Å². The zero-order valence-electron chi connectivity index (χ0n) is 11.1. The zero-order chi connectivity index (χ0) is 13.2. The van der Waals surface area contributed by atoms with Gasteiger partial charge >= 0.3 is 5.97 Å². The molecule has 0 amide bonds. The first-order valence-electron chi connectivity index (χ1n) is 5.88. The number of carboxylic acid groups (broad SMARTS) is 1. The van der Waals surface area contributed by atoms with Gasteiger partial charge < -0.3 is 14.8 Å². The monoisotopic (exact) mass is 239 g/mol. The van der Waals surface area contributed by atoms with E-state index in [4.69, 9.17) is 9.52 Å². The molecule has 0 aliphatic carbocycles. The minimum Gasteiger partial charge on any atom is -0.481 e. The third-order valence-electron chi connectivity index (χ3n) is 3.20. The molecule has 1 aromatic rings. The molecule has 0 aliphatic rings. The number of hydrogen-bond acceptors (Lipinski definition) is 3. The molecule has 0 saturated heterocycles. The molecule has 2 N–H and O–H groups in total. The van der Waals surface area contributed by atoms with E-state index in [1.165, 1.54) is 0 Å². The van der Waals surface area contributed by atoms with Gasteiger partial charge in [-0.2, -0.15) is 0 Å². The van der Waals surface area contributed by atoms with Crippen LogP contribution in [0, 0.1) is 19.8 Å². The maximum absolute atomic E-state index is 10.9. The molecule has 3 unspecified atom stereocenters. The Balaban J connectivity index is 2.69. The van der Waals surface area contributed by atoms with Crippen molar-refractivity contribution in [1.29, 1.82) is 0 Å². The Kier molecular flexibility index (Phi) is 4.34. The Morgan fingerprint density at radius 3 is 2.35 bits per heavy atom. The van der Waals surface area contributed by atoms with Gasteiger partial charge in [0, 0.05) is 17.6 Å². The van der Waals surface area contributed by atoms with Crippen LogP contribution in [0.25, 0.3) is 0 Å². The maximum atomic E-state index is 10.9. The Hall–Kier alpha value is -1.29. The average Bonchev–Trinajstić information content (AvgIpc) is 2.56. The quantitative estimate of drug-likeness (QED) is 0.829. The molecule has 3 atom stereocenters. The van der Waals surface area contributed by atoms with Gasteiger partial charge in [-0.15, -0.1) is 0 Å². The standard InChI is InChI=1S/C13H21NO3/c1-7-6-12(11(5)17-7)10(4)14-9(3)8(2)13(15)16/h6,8-10,14H,1-5H3,(H,15,16). The minimum atomic E-state index is -0.780. The smallest absolute Gasteiger partial charge is 0.307 e. The van der Waals surface area contributed by atoms with Gasteiger partial charge in [-0.25, -0.2) is 0 Å². The molecule has 96 valence electrons. The van der Waals surface area contributed by atoms with Crippen molar-refractivity contribution < 1.29 is 14.3 Å². The largest absolute Gasteiger partial charge is 0.481 e. The van der Waals surface area contributed by atoms with E-state index in [2.05, 4.69) is 5.32 Å². The lowest BCUT2D eigenvalue weighted by atomic mass is 10.0. The molecular formula is C13H21NO3. The summed E-state index contributed by atoms with van der Waals surface area (Å²) in [5.74, 6) is 0.575. The summed E-state index contributed by atoms with van der Waals surface area (Å²) in [6.07, 6.45) is 0. The van der Waals surface area contributed by atoms with Crippen LogP contribution < -0.4 is 5.32 Å². The van der Waals surface area contributed by atoms with E-state index < -0.39 is 11.9 Å². The molecule has 4 heteroatoms. The van der Waals surface area contributed by atoms with E-state index in [0.29, 0.717) is 0 Å². The molecule has 0 bridgehead atoms. The van der Waals surface area contributed by atoms with Crippen molar-refractivity contribution in [2.24, 2.45) is 5.92 Å². The fourth-order valence-electron chi connectivity index (χ4n) is 1.92. The highest BCUT2D eigenvalue weighted by atomic mass is 16.4. The van der Waals surface area contributed by atoms with E-state index in [9.17, 15) is 4.79 Å². The summed E-state index contributed by atoms with van der Waals surface area (Å²) in [7, 11) is 0. The third kappa shape index (κ3) is 3.33. The van der Waals surface area contributed by atoms with Crippen molar-refractivity contribution in [2.75, 3.05) is 0 Å². The Bertz CT molecular complexity index is 397. The number of furan rings is 1. The summed E-state index contributed by atoms with van der Waals surface area (Å²) in [6, 6.07) is 1.99. The van der Waals surface area contributed by atoms with E-state index in [-0.39, 0.29) is 12.1 Å². The normalized spacial score (nSPS) is 16.5. The summed E-state index contributed by atoms with van der Waals surface area (Å²) in [6.45, 7) is 9.44. The molecule has 1 heterocycles. The fraction of sp³-hybridized carbons (Fsp3) is 0.615. The predicted octanol–water partition coefficient (Wildman–Crippen LogP) is 2.66. The number of carbonyl (C=O) groups is 1. The fourth-order valence-corrected chi connectivity index (χ4v) is 1.92. The second-order valence-corrected chi connectivity index (χ2v) is 4.67. The van der Waals surface area contributed by atoms with Crippen molar-refractivity contribution in [3.63, 3.8) is 0 Å². The highest BCUT2D eigenvalue weighted by Crippen LogP contribution is 2.22. The maximum Gasteiger partial charge on any atom is 0.307 e. The number of aliphatic carboxylic acids is 1. The van der Waals surface area contributed by atoms with Gasteiger partial charge in [-0.3, -0.25) is 4.79 Å². The topological polar surface area (TPSA) is 62.5 Å². The highest BCUT2D eigenvalue weighted by molar-refractivity contribution is 5.70. The first-order valence-corrected chi connectivity index (χ1v) is 5.88. The molecular weight excluding hydrogens is 218 g/mol. The first kappa shape index (κ1) is 13.8. The van der Waals surface area contributed by atoms with E-state index >= 15 is 0 Å². The minimum absolute atomic E-state index is 0.0860. The number of aryl methyl sites for hydroxylation is 2. The lowest BCUT2D eigenvalue weighted by molar-refractivity contribution is -0.142. The lowest BCUT2D eigenvalue weighted by Gasteiger charge is -2.22. The lowest BCUT2D eigenvalue weighted by Crippen LogP contribution is -2.37. The molecule has 4 nitrogen and oxygen atoms in total. The Morgan fingerprint density at radius 2 is 1.94 bits per heavy atom. The van der Waals surface area contributed by atoms with Crippen molar-refractivity contribution in [3.8, 4) is 0 Å². The second-order valence-electron chi connectivity index (χ2n) is 4.67. The summed E-state index contributed by atoms with van der Waals surface area (Å²) in [5.41, 5.74) is 1.09. The van der Waals surface area contributed by atoms with Gasteiger partial charge in [0.1, 0.15) is 11.5 Å². The zero-order valence-corrected chi connectivity index (χ0v) is 11.1. The van der Waals surface area contributed by atoms with Crippen LogP contribution in [-0.2, 0) is 4.79 Å². The summed E-state index contributed by atoms with van der Waals surface area (Å²) < 4.78 is 5.47. The van der Waals surface area contributed by atoms with Crippen molar-refractivity contribution in [2.45, 2.75) is 46.7 Å². The summed E-state index contributed by atoms with van der Waals surface area (Å²) in [4.78, 5) is 10.9. The predicted molar refractivity (Wildman–Crippen MR) is 66.0 cm³/mol. The van der Waals surface area contributed by atoms with Gasteiger partial charge in [0.15, 0.2) is 0 Å². The van der Waals surface area contributed by atoms with Crippen LogP contribution in [-0.4, -0.2) is 17.1 Å². The van der Waals surface area contributed by atoms with Gasteiger partial charge in [0.25, 0.3) is 0 Å². The van der Waals surface area contributed by atoms with Gasteiger partial charge in [-0.05, 0) is 33.8 Å². The molecule has 1 rings (SSSR count). The molecule has 0 aliphatic heterocycles. The number of carboxylic acids is 1. The molecule has 17 heavy (non-hydrogen) atoms. The van der Waals surface area contributed by atoms with Gasteiger partial charge in [0.2, 0.25) is 0 Å². The van der Waals surface area contributed by atoms with Gasteiger partial charge in [-0.1, -0.05) is 6.92 Å². The third-order valence-corrected chi connectivity index (χ3v) is 3.20. The van der Waals surface area contributed by atoms with Crippen LogP contribution in [0.1, 0.15) is 43.9 Å². The SMILES string of the molecule is Cc1cc(C(C)NC(C)C(C)C(=O)O)c(C)o1. The van der Waals surface area contributed by atoms with Crippen LogP contribution in [0.4, 0.5) is 0 Å². The van der Waals surface area contributed by atoms with Gasteiger partial charge in [0.05, 0.1) is 5.92 Å². The van der Waals surface area contributed by atoms with Crippen LogP contribution in [0.15, 0.2) is 10.5 Å². The van der Waals surface area contributed by atoms with E-state index in [0.717, 1.165) is 17.1 Å². The molecule has 0 aromatic carbocycles. The van der Waals surface area contributed by atoms with Crippen molar-refractivity contribution in [3.05, 3.63) is 23.2 Å².